The first-order chi connectivity index (χ1) is 8.38. The zero-order valence-corrected chi connectivity index (χ0v) is 10.8. The molecule has 0 bridgehead atoms. The highest BCUT2D eigenvalue weighted by Gasteiger charge is 2.29. The normalized spacial score (nSPS) is 14.1. The summed E-state index contributed by atoms with van der Waals surface area (Å²) in [7, 11) is 0. The number of nitrogen functional groups attached to an aromatic ring is 1. The number of carbonyl (C=O) groups excluding carboxylic acids is 1. The van der Waals surface area contributed by atoms with Crippen molar-refractivity contribution in [3.8, 4) is 0 Å². The molecule has 2 atom stereocenters. The summed E-state index contributed by atoms with van der Waals surface area (Å²) >= 11 is 0. The summed E-state index contributed by atoms with van der Waals surface area (Å²) < 4.78 is 4.68. The quantitative estimate of drug-likeness (QED) is 0.546. The van der Waals surface area contributed by atoms with Crippen LogP contribution in [0.15, 0.2) is 12.1 Å². The molecule has 0 fully saturated rings. The van der Waals surface area contributed by atoms with Crippen LogP contribution in [-0.2, 0) is 9.53 Å². The van der Waals surface area contributed by atoms with Crippen LogP contribution >= 0.6 is 0 Å². The van der Waals surface area contributed by atoms with E-state index in [0.717, 1.165) is 11.1 Å². The zero-order chi connectivity index (χ0) is 13.9. The number of rotatable bonds is 4. The van der Waals surface area contributed by atoms with Crippen molar-refractivity contribution in [3.05, 3.63) is 28.8 Å². The van der Waals surface area contributed by atoms with Crippen LogP contribution in [0, 0.1) is 13.8 Å². The van der Waals surface area contributed by atoms with Gasteiger partial charge in [0.1, 0.15) is 6.10 Å². The minimum atomic E-state index is -1.59. The molecular formula is C13H19NO4. The average molecular weight is 253 g/mol. The van der Waals surface area contributed by atoms with Gasteiger partial charge < -0.3 is 20.7 Å². The molecule has 0 heterocycles. The predicted molar refractivity (Wildman–Crippen MR) is 67.9 cm³/mol. The minimum absolute atomic E-state index is 0.155. The first-order valence-corrected chi connectivity index (χ1v) is 5.77. The Hall–Kier alpha value is -1.59. The minimum Gasteiger partial charge on any atom is -0.464 e. The van der Waals surface area contributed by atoms with Crippen LogP contribution in [0.2, 0.25) is 0 Å². The van der Waals surface area contributed by atoms with Gasteiger partial charge >= 0.3 is 5.97 Å². The Kier molecular flexibility index (Phi) is 4.69. The van der Waals surface area contributed by atoms with Gasteiger partial charge in [-0.2, -0.15) is 0 Å². The van der Waals surface area contributed by atoms with Gasteiger partial charge in [-0.25, -0.2) is 4.79 Å². The fraction of sp³-hybridized carbons (Fsp3) is 0.462. The number of nitrogens with two attached hydrogens (primary N) is 1. The molecule has 0 saturated carbocycles. The van der Waals surface area contributed by atoms with Crippen molar-refractivity contribution in [2.75, 3.05) is 12.3 Å². The number of hydrogen-bond donors (Lipinski definition) is 3. The van der Waals surface area contributed by atoms with Gasteiger partial charge in [-0.15, -0.1) is 0 Å². The van der Waals surface area contributed by atoms with Crippen LogP contribution in [0.25, 0.3) is 0 Å². The topological polar surface area (TPSA) is 92.8 Å². The van der Waals surface area contributed by atoms with Crippen LogP contribution in [-0.4, -0.2) is 28.9 Å². The highest BCUT2D eigenvalue weighted by Crippen LogP contribution is 2.27. The van der Waals surface area contributed by atoms with Crippen LogP contribution in [0.5, 0.6) is 0 Å². The number of aryl methyl sites for hydroxylation is 2. The third-order valence-electron chi connectivity index (χ3n) is 2.74. The molecule has 0 amide bonds. The number of carbonyl (C=O) groups is 1. The van der Waals surface area contributed by atoms with E-state index >= 15 is 0 Å². The molecule has 1 rings (SSSR count). The molecule has 0 radical (unpaired) electrons. The van der Waals surface area contributed by atoms with Gasteiger partial charge in [0.05, 0.1) is 6.61 Å². The first kappa shape index (κ1) is 14.5. The van der Waals surface area contributed by atoms with Gasteiger partial charge in [-0.05, 0) is 49.6 Å². The SMILES string of the molecule is CCOC(=O)C(O)C(O)c1c(C)cc(N)cc1C. The van der Waals surface area contributed by atoms with Crippen LogP contribution in [0.3, 0.4) is 0 Å². The summed E-state index contributed by atoms with van der Waals surface area (Å²) in [6.07, 6.45) is -2.91. The maximum absolute atomic E-state index is 11.4. The maximum atomic E-state index is 11.4. The summed E-state index contributed by atoms with van der Waals surface area (Å²) in [5.74, 6) is -0.833. The molecule has 1 aromatic carbocycles. The Bertz CT molecular complexity index is 422. The molecule has 0 aliphatic carbocycles. The van der Waals surface area contributed by atoms with Crippen LogP contribution in [0.1, 0.15) is 29.7 Å². The molecule has 5 nitrogen and oxygen atoms in total. The van der Waals surface area contributed by atoms with E-state index in [1.54, 1.807) is 32.9 Å². The number of esters is 1. The molecule has 0 saturated heterocycles. The molecule has 2 unspecified atom stereocenters. The van der Waals surface area contributed by atoms with Gasteiger partial charge in [-0.1, -0.05) is 0 Å². The van der Waals surface area contributed by atoms with E-state index in [9.17, 15) is 15.0 Å². The Morgan fingerprint density at radius 1 is 1.33 bits per heavy atom. The lowest BCUT2D eigenvalue weighted by molar-refractivity contribution is -0.159. The van der Waals surface area contributed by atoms with Gasteiger partial charge in [0.15, 0.2) is 6.10 Å². The monoisotopic (exact) mass is 253 g/mol. The second kappa shape index (κ2) is 5.84. The molecule has 0 aliphatic rings. The summed E-state index contributed by atoms with van der Waals surface area (Å²) in [6, 6.07) is 3.37. The number of ether oxygens (including phenoxy) is 1. The standard InChI is InChI=1S/C13H19NO4/c1-4-18-13(17)12(16)11(15)10-7(2)5-9(14)6-8(10)3/h5-6,11-12,15-16H,4,14H2,1-3H3. The van der Waals surface area contributed by atoms with Crippen molar-refractivity contribution in [1.82, 2.24) is 0 Å². The van der Waals surface area contributed by atoms with Gasteiger partial charge in [0.2, 0.25) is 0 Å². The van der Waals surface area contributed by atoms with Crippen LogP contribution in [0.4, 0.5) is 5.69 Å². The van der Waals surface area contributed by atoms with E-state index in [1.807, 2.05) is 0 Å². The Labute approximate surface area is 106 Å². The first-order valence-electron chi connectivity index (χ1n) is 5.77. The molecule has 0 aromatic heterocycles. The lowest BCUT2D eigenvalue weighted by atomic mass is 9.94. The lowest BCUT2D eigenvalue weighted by Gasteiger charge is -2.21. The smallest absolute Gasteiger partial charge is 0.338 e. The zero-order valence-electron chi connectivity index (χ0n) is 10.8. The maximum Gasteiger partial charge on any atom is 0.338 e. The van der Waals surface area contributed by atoms with E-state index in [0.29, 0.717) is 11.3 Å². The third-order valence-corrected chi connectivity index (χ3v) is 2.74. The number of benzene rings is 1. The van der Waals surface area contributed by atoms with Crippen molar-refractivity contribution in [2.45, 2.75) is 33.0 Å². The van der Waals surface area contributed by atoms with E-state index < -0.39 is 18.2 Å². The third kappa shape index (κ3) is 3.00. The predicted octanol–water partition coefficient (Wildman–Crippen LogP) is 0.843. The van der Waals surface area contributed by atoms with Gasteiger partial charge in [0.25, 0.3) is 0 Å². The number of aliphatic hydroxyl groups excluding tert-OH is 2. The molecule has 100 valence electrons. The number of hydrogen-bond acceptors (Lipinski definition) is 5. The fourth-order valence-corrected chi connectivity index (χ4v) is 1.99. The van der Waals surface area contributed by atoms with Crippen molar-refractivity contribution in [1.29, 1.82) is 0 Å². The van der Waals surface area contributed by atoms with Gasteiger partial charge in [-0.3, -0.25) is 0 Å². The van der Waals surface area contributed by atoms with Crippen molar-refractivity contribution in [2.24, 2.45) is 0 Å². The lowest BCUT2D eigenvalue weighted by Crippen LogP contribution is -2.30. The van der Waals surface area contributed by atoms with Crippen LogP contribution < -0.4 is 5.73 Å². The molecular weight excluding hydrogens is 234 g/mol. The Morgan fingerprint density at radius 2 is 1.83 bits per heavy atom. The highest BCUT2D eigenvalue weighted by molar-refractivity contribution is 5.75. The van der Waals surface area contributed by atoms with E-state index in [2.05, 4.69) is 4.74 Å². The van der Waals surface area contributed by atoms with E-state index in [-0.39, 0.29) is 6.61 Å². The van der Waals surface area contributed by atoms with E-state index in [1.165, 1.54) is 0 Å². The molecule has 18 heavy (non-hydrogen) atoms. The fourth-order valence-electron chi connectivity index (χ4n) is 1.99. The largest absolute Gasteiger partial charge is 0.464 e. The van der Waals surface area contributed by atoms with Crippen molar-refractivity contribution >= 4 is 11.7 Å². The second-order valence-electron chi connectivity index (χ2n) is 4.21. The summed E-state index contributed by atoms with van der Waals surface area (Å²) in [4.78, 5) is 11.4. The van der Waals surface area contributed by atoms with Crippen molar-refractivity contribution < 1.29 is 19.7 Å². The van der Waals surface area contributed by atoms with Crippen molar-refractivity contribution in [3.63, 3.8) is 0 Å². The molecule has 1 aromatic rings. The highest BCUT2D eigenvalue weighted by atomic mass is 16.5. The summed E-state index contributed by atoms with van der Waals surface area (Å²) in [6.45, 7) is 5.32. The number of anilines is 1. The Balaban J connectivity index is 3.03. The van der Waals surface area contributed by atoms with E-state index in [4.69, 9.17) is 5.73 Å². The Morgan fingerprint density at radius 3 is 2.28 bits per heavy atom. The van der Waals surface area contributed by atoms with Gasteiger partial charge in [0, 0.05) is 5.69 Å². The second-order valence-corrected chi connectivity index (χ2v) is 4.21. The summed E-state index contributed by atoms with van der Waals surface area (Å²) in [5, 5.41) is 19.8. The molecule has 4 N–H and O–H groups in total. The molecule has 0 aliphatic heterocycles. The summed E-state index contributed by atoms with van der Waals surface area (Å²) in [5.41, 5.74) is 8.21. The average Bonchev–Trinajstić information content (AvgIpc) is 2.26. The number of aliphatic hydroxyl groups is 2. The molecule has 0 spiro atoms. The molecule has 5 heteroatoms.